The van der Waals surface area contributed by atoms with Gasteiger partial charge in [0, 0.05) is 22.8 Å². The zero-order chi connectivity index (χ0) is 25.4. The van der Waals surface area contributed by atoms with Gasteiger partial charge in [0.2, 0.25) is 5.91 Å². The lowest BCUT2D eigenvalue weighted by Crippen LogP contribution is -2.33. The molecule has 0 aliphatic carbocycles. The van der Waals surface area contributed by atoms with Crippen LogP contribution >= 0.6 is 23.4 Å². The summed E-state index contributed by atoms with van der Waals surface area (Å²) in [5, 5.41) is 24.9. The maximum atomic E-state index is 12.7. The van der Waals surface area contributed by atoms with Gasteiger partial charge in [0.1, 0.15) is 11.8 Å². The molecule has 184 valence electrons. The molecule has 3 rings (SSSR count). The molecule has 1 heterocycles. The van der Waals surface area contributed by atoms with Crippen molar-refractivity contribution in [3.8, 4) is 5.75 Å². The number of amides is 2. The Kier molecular flexibility index (Phi) is 9.30. The molecule has 9 nitrogen and oxygen atoms in total. The van der Waals surface area contributed by atoms with E-state index in [9.17, 15) is 14.7 Å². The fraction of sp³-hybridized carbons (Fsp3) is 0.250. The predicted octanol–water partition coefficient (Wildman–Crippen LogP) is 3.63. The Labute approximate surface area is 212 Å². The van der Waals surface area contributed by atoms with Crippen LogP contribution in [0.25, 0.3) is 0 Å². The normalized spacial score (nSPS) is 11.5. The van der Waals surface area contributed by atoms with Gasteiger partial charge in [-0.3, -0.25) is 9.59 Å². The van der Waals surface area contributed by atoms with Crippen LogP contribution < -0.4 is 15.4 Å². The number of nitrogens with zero attached hydrogens (tertiary/aromatic N) is 3. The lowest BCUT2D eigenvalue weighted by Gasteiger charge is -2.17. The highest BCUT2D eigenvalue weighted by Gasteiger charge is 2.23. The van der Waals surface area contributed by atoms with Gasteiger partial charge in [0.25, 0.3) is 5.91 Å². The molecule has 0 saturated heterocycles. The third kappa shape index (κ3) is 6.84. The maximum absolute atomic E-state index is 12.7. The molecular weight excluding hydrogens is 490 g/mol. The maximum Gasteiger partial charge on any atom is 0.251 e. The van der Waals surface area contributed by atoms with Gasteiger partial charge in [-0.05, 0) is 48.9 Å². The van der Waals surface area contributed by atoms with Crippen molar-refractivity contribution in [3.05, 3.63) is 77.1 Å². The Balaban J connectivity index is 1.71. The Morgan fingerprint density at radius 1 is 1.26 bits per heavy atom. The molecular formula is C24H26ClN5O4S. The van der Waals surface area contributed by atoms with Crippen molar-refractivity contribution >= 4 is 40.9 Å². The molecule has 35 heavy (non-hydrogen) atoms. The molecule has 0 radical (unpaired) electrons. The van der Waals surface area contributed by atoms with E-state index in [2.05, 4.69) is 27.4 Å². The average molecular weight is 516 g/mol. The summed E-state index contributed by atoms with van der Waals surface area (Å²) in [7, 11) is 1.54. The first-order valence-corrected chi connectivity index (χ1v) is 12.0. The highest BCUT2D eigenvalue weighted by molar-refractivity contribution is 7.99. The molecule has 3 aromatic rings. The highest BCUT2D eigenvalue weighted by Crippen LogP contribution is 2.23. The summed E-state index contributed by atoms with van der Waals surface area (Å²) in [6, 6.07) is 11.1. The van der Waals surface area contributed by atoms with E-state index in [1.807, 2.05) is 13.0 Å². The van der Waals surface area contributed by atoms with Crippen LogP contribution in [0.1, 0.15) is 27.8 Å². The van der Waals surface area contributed by atoms with Crippen LogP contribution in [0.3, 0.4) is 0 Å². The molecule has 2 amide bonds. The summed E-state index contributed by atoms with van der Waals surface area (Å²) in [5.41, 5.74) is 1.93. The number of nitrogens with one attached hydrogen (secondary N) is 2. The smallest absolute Gasteiger partial charge is 0.251 e. The second kappa shape index (κ2) is 12.4. The number of anilines is 1. The molecule has 2 aromatic carbocycles. The number of ether oxygens (including phenoxy) is 1. The van der Waals surface area contributed by atoms with Crippen LogP contribution in [0.4, 0.5) is 5.69 Å². The number of rotatable bonds is 11. The van der Waals surface area contributed by atoms with E-state index in [0.29, 0.717) is 39.5 Å². The number of allylic oxidation sites excluding steroid dienone is 1. The summed E-state index contributed by atoms with van der Waals surface area (Å²) in [5.74, 6) is 0.431. The van der Waals surface area contributed by atoms with Gasteiger partial charge in [0.05, 0.1) is 19.5 Å². The lowest BCUT2D eigenvalue weighted by atomic mass is 10.2. The first kappa shape index (κ1) is 26.3. The Hall–Kier alpha value is -3.34. The molecule has 1 aromatic heterocycles. The summed E-state index contributed by atoms with van der Waals surface area (Å²) in [6.45, 7) is 5.57. The molecule has 0 aliphatic heterocycles. The van der Waals surface area contributed by atoms with Crippen molar-refractivity contribution < 1.29 is 19.4 Å². The third-order valence-electron chi connectivity index (χ3n) is 5.01. The third-order valence-corrected chi connectivity index (χ3v) is 6.22. The number of carbonyl (C=O) groups is 2. The minimum absolute atomic E-state index is 0.0726. The van der Waals surface area contributed by atoms with E-state index in [1.165, 1.54) is 11.8 Å². The molecule has 0 fully saturated rings. The van der Waals surface area contributed by atoms with Gasteiger partial charge >= 0.3 is 0 Å². The monoisotopic (exact) mass is 515 g/mol. The molecule has 11 heteroatoms. The van der Waals surface area contributed by atoms with Gasteiger partial charge in [-0.15, -0.1) is 16.8 Å². The molecule has 0 saturated carbocycles. The quantitative estimate of drug-likeness (QED) is 0.263. The van der Waals surface area contributed by atoms with Crippen LogP contribution in [-0.4, -0.2) is 51.2 Å². The summed E-state index contributed by atoms with van der Waals surface area (Å²) in [4.78, 5) is 25.2. The lowest BCUT2D eigenvalue weighted by molar-refractivity contribution is -0.113. The molecule has 3 N–H and O–H groups in total. The SMILES string of the molecule is C=CCn1c(SCC(=O)Nc2cc(Cl)ccc2C)nnc1[C@@H](CO)NC(=O)c1ccc(OC)cc1. The molecule has 0 aliphatic rings. The van der Waals surface area contributed by atoms with Crippen LogP contribution in [0.5, 0.6) is 5.75 Å². The topological polar surface area (TPSA) is 118 Å². The van der Waals surface area contributed by atoms with Gasteiger partial charge in [-0.25, -0.2) is 0 Å². The summed E-state index contributed by atoms with van der Waals surface area (Å²) < 4.78 is 6.81. The summed E-state index contributed by atoms with van der Waals surface area (Å²) in [6.07, 6.45) is 1.64. The number of halogens is 1. The predicted molar refractivity (Wildman–Crippen MR) is 136 cm³/mol. The van der Waals surface area contributed by atoms with Gasteiger partial charge in [0.15, 0.2) is 11.0 Å². The van der Waals surface area contributed by atoms with Crippen LogP contribution in [0.15, 0.2) is 60.3 Å². The number of hydrogen-bond donors (Lipinski definition) is 3. The number of aliphatic hydroxyl groups is 1. The van der Waals surface area contributed by atoms with E-state index >= 15 is 0 Å². The first-order valence-electron chi connectivity index (χ1n) is 10.6. The minimum atomic E-state index is -0.811. The molecule has 0 spiro atoms. The van der Waals surface area contributed by atoms with E-state index in [-0.39, 0.29) is 17.6 Å². The standard InChI is InChI=1S/C24H26ClN5O4S/c1-4-11-30-22(20(13-31)27-23(33)16-6-9-18(34-3)10-7-16)28-29-24(30)35-14-21(32)26-19-12-17(25)8-5-15(19)2/h4-10,12,20,31H,1,11,13-14H2,2-3H3,(H,26,32)(H,27,33)/t20-/m1/s1. The van der Waals surface area contributed by atoms with Crippen molar-refractivity contribution in [2.24, 2.45) is 0 Å². The minimum Gasteiger partial charge on any atom is -0.497 e. The van der Waals surface area contributed by atoms with E-state index in [4.69, 9.17) is 16.3 Å². The van der Waals surface area contributed by atoms with Crippen LogP contribution in [-0.2, 0) is 11.3 Å². The van der Waals surface area contributed by atoms with Crippen LogP contribution in [0, 0.1) is 6.92 Å². The first-order chi connectivity index (χ1) is 16.9. The molecule has 1 atom stereocenters. The van der Waals surface area contributed by atoms with Crippen molar-refractivity contribution in [1.29, 1.82) is 0 Å². The van der Waals surface area contributed by atoms with Crippen molar-refractivity contribution in [2.75, 3.05) is 24.8 Å². The second-order valence-corrected chi connectivity index (χ2v) is 8.85. The van der Waals surface area contributed by atoms with Crippen molar-refractivity contribution in [3.63, 3.8) is 0 Å². The van der Waals surface area contributed by atoms with Gasteiger partial charge < -0.3 is 25.0 Å². The second-order valence-electron chi connectivity index (χ2n) is 7.47. The fourth-order valence-corrected chi connectivity index (χ4v) is 4.11. The number of aromatic nitrogens is 3. The number of aliphatic hydroxyl groups excluding tert-OH is 1. The number of thioether (sulfide) groups is 1. The van der Waals surface area contributed by atoms with Crippen LogP contribution in [0.2, 0.25) is 5.02 Å². The zero-order valence-corrected chi connectivity index (χ0v) is 20.9. The van der Waals surface area contributed by atoms with Crippen molar-refractivity contribution in [1.82, 2.24) is 20.1 Å². The number of benzene rings is 2. The van der Waals surface area contributed by atoms with Crippen molar-refractivity contribution in [2.45, 2.75) is 24.7 Å². The largest absolute Gasteiger partial charge is 0.497 e. The number of hydrogen-bond acceptors (Lipinski definition) is 7. The molecule has 0 unspecified atom stereocenters. The van der Waals surface area contributed by atoms with Gasteiger partial charge in [-0.1, -0.05) is 35.5 Å². The van der Waals surface area contributed by atoms with E-state index < -0.39 is 12.6 Å². The highest BCUT2D eigenvalue weighted by atomic mass is 35.5. The number of carbonyl (C=O) groups excluding carboxylic acids is 2. The van der Waals surface area contributed by atoms with E-state index in [1.54, 1.807) is 54.2 Å². The fourth-order valence-electron chi connectivity index (χ4n) is 3.19. The number of methoxy groups -OCH3 is 1. The Morgan fingerprint density at radius 3 is 2.66 bits per heavy atom. The molecule has 0 bridgehead atoms. The zero-order valence-electron chi connectivity index (χ0n) is 19.3. The van der Waals surface area contributed by atoms with E-state index in [0.717, 1.165) is 5.56 Å². The van der Waals surface area contributed by atoms with Gasteiger partial charge in [-0.2, -0.15) is 0 Å². The Morgan fingerprint density at radius 2 is 2.00 bits per heavy atom. The summed E-state index contributed by atoms with van der Waals surface area (Å²) >= 11 is 7.20. The average Bonchev–Trinajstić information content (AvgIpc) is 3.26. The number of aryl methyl sites for hydroxylation is 1. The Bertz CT molecular complexity index is 1200.